The molecule has 110 valence electrons. The maximum absolute atomic E-state index is 8.98. The van der Waals surface area contributed by atoms with Gasteiger partial charge < -0.3 is 16.3 Å². The Kier molecular flexibility index (Phi) is 5.22. The lowest BCUT2D eigenvalue weighted by Gasteiger charge is -2.18. The summed E-state index contributed by atoms with van der Waals surface area (Å²) in [6.45, 7) is 2.58. The molecule has 1 unspecified atom stereocenters. The fourth-order valence-electron chi connectivity index (χ4n) is 2.12. The molecule has 0 aliphatic carbocycles. The molecule has 0 aliphatic heterocycles. The number of rotatable bonds is 5. The number of amidine groups is 1. The van der Waals surface area contributed by atoms with Crippen molar-refractivity contribution >= 4 is 27.5 Å². The van der Waals surface area contributed by atoms with E-state index in [0.717, 1.165) is 15.7 Å². The molecule has 0 radical (unpaired) electrons. The summed E-state index contributed by atoms with van der Waals surface area (Å²) in [5.41, 5.74) is 8.99. The zero-order valence-corrected chi connectivity index (χ0v) is 13.3. The Balaban J connectivity index is 2.17. The second-order valence-electron chi connectivity index (χ2n) is 4.85. The van der Waals surface area contributed by atoms with Gasteiger partial charge in [-0.05, 0) is 46.1 Å². The maximum Gasteiger partial charge on any atom is 0.148 e. The van der Waals surface area contributed by atoms with Crippen LogP contribution in [-0.4, -0.2) is 17.6 Å². The summed E-state index contributed by atoms with van der Waals surface area (Å²) in [6, 6.07) is 15.8. The Labute approximate surface area is 132 Å². The van der Waals surface area contributed by atoms with Gasteiger partial charge in [0, 0.05) is 16.7 Å². The number of nitrogens with zero attached hydrogens (tertiary/aromatic N) is 1. The first-order chi connectivity index (χ1) is 10.1. The lowest BCUT2D eigenvalue weighted by atomic mass is 9.98. The molecule has 0 bridgehead atoms. The molecule has 2 rings (SSSR count). The van der Waals surface area contributed by atoms with Crippen molar-refractivity contribution in [3.63, 3.8) is 0 Å². The van der Waals surface area contributed by atoms with Crippen LogP contribution in [0.3, 0.4) is 0 Å². The number of benzene rings is 2. The first-order valence-corrected chi connectivity index (χ1v) is 7.43. The molecule has 0 amide bonds. The van der Waals surface area contributed by atoms with E-state index in [2.05, 4.69) is 26.4 Å². The van der Waals surface area contributed by atoms with Gasteiger partial charge in [0.15, 0.2) is 0 Å². The number of nitrogens with two attached hydrogens (primary N) is 1. The Morgan fingerprint density at radius 2 is 2.00 bits per heavy atom. The van der Waals surface area contributed by atoms with E-state index in [1.54, 1.807) is 0 Å². The van der Waals surface area contributed by atoms with Crippen molar-refractivity contribution in [2.75, 3.05) is 11.9 Å². The molecule has 0 heterocycles. The monoisotopic (exact) mass is 347 g/mol. The number of nitrogens with one attached hydrogen (secondary N) is 1. The van der Waals surface area contributed by atoms with E-state index in [1.165, 1.54) is 5.56 Å². The number of halogens is 1. The fourth-order valence-corrected chi connectivity index (χ4v) is 2.76. The van der Waals surface area contributed by atoms with Crippen LogP contribution in [0.2, 0.25) is 0 Å². The van der Waals surface area contributed by atoms with Gasteiger partial charge in [0.05, 0.1) is 5.92 Å². The first kappa shape index (κ1) is 15.4. The molecule has 4 N–H and O–H groups in total. The molecule has 21 heavy (non-hydrogen) atoms. The summed E-state index contributed by atoms with van der Waals surface area (Å²) in [7, 11) is 0. The van der Waals surface area contributed by atoms with Crippen LogP contribution in [0.5, 0.6) is 0 Å². The molecule has 5 heteroatoms. The van der Waals surface area contributed by atoms with Gasteiger partial charge in [-0.2, -0.15) is 0 Å². The molecule has 0 spiro atoms. The zero-order chi connectivity index (χ0) is 15.2. The summed E-state index contributed by atoms with van der Waals surface area (Å²) in [5.74, 6) is 0.00124. The summed E-state index contributed by atoms with van der Waals surface area (Å²) < 4.78 is 0.994. The van der Waals surface area contributed by atoms with Gasteiger partial charge >= 0.3 is 0 Å². The Bertz CT molecular complexity index is 629. The van der Waals surface area contributed by atoms with E-state index in [-0.39, 0.29) is 11.8 Å². The van der Waals surface area contributed by atoms with Gasteiger partial charge in [-0.25, -0.2) is 0 Å². The van der Waals surface area contributed by atoms with E-state index in [9.17, 15) is 0 Å². The normalized spacial score (nSPS) is 13.0. The van der Waals surface area contributed by atoms with Gasteiger partial charge in [-0.15, -0.1) is 0 Å². The number of anilines is 1. The molecular weight excluding hydrogens is 330 g/mol. The Hall–Kier alpha value is -2.01. The average Bonchev–Trinajstić information content (AvgIpc) is 2.50. The number of hydrogen-bond acceptors (Lipinski definition) is 3. The molecule has 0 aromatic heterocycles. The fraction of sp³-hybridized carbons (Fsp3) is 0.188. The molecule has 2 aromatic carbocycles. The third kappa shape index (κ3) is 3.98. The highest BCUT2D eigenvalue weighted by Crippen LogP contribution is 2.25. The van der Waals surface area contributed by atoms with Crippen LogP contribution in [0.15, 0.2) is 58.2 Å². The SMILES string of the molecule is Cc1ccc(NCC(C(N)=NO)c2ccccc2)c(Br)c1. The van der Waals surface area contributed by atoms with Crippen molar-refractivity contribution in [3.05, 3.63) is 64.1 Å². The van der Waals surface area contributed by atoms with Crippen molar-refractivity contribution in [2.45, 2.75) is 12.8 Å². The highest BCUT2D eigenvalue weighted by atomic mass is 79.9. The van der Waals surface area contributed by atoms with E-state index in [0.29, 0.717) is 6.54 Å². The highest BCUT2D eigenvalue weighted by Gasteiger charge is 2.16. The summed E-state index contributed by atoms with van der Waals surface area (Å²) in [6.07, 6.45) is 0. The van der Waals surface area contributed by atoms with Crippen LogP contribution in [0, 0.1) is 6.92 Å². The second kappa shape index (κ2) is 7.13. The van der Waals surface area contributed by atoms with Crippen molar-refractivity contribution in [1.29, 1.82) is 0 Å². The largest absolute Gasteiger partial charge is 0.409 e. The minimum Gasteiger partial charge on any atom is -0.409 e. The van der Waals surface area contributed by atoms with Crippen LogP contribution in [0.1, 0.15) is 17.0 Å². The lowest BCUT2D eigenvalue weighted by Crippen LogP contribution is -2.28. The number of hydrogen-bond donors (Lipinski definition) is 3. The van der Waals surface area contributed by atoms with Crippen molar-refractivity contribution in [1.82, 2.24) is 0 Å². The van der Waals surface area contributed by atoms with Crippen LogP contribution in [-0.2, 0) is 0 Å². The molecule has 4 nitrogen and oxygen atoms in total. The van der Waals surface area contributed by atoms with Gasteiger partial charge in [-0.3, -0.25) is 0 Å². The molecule has 2 aromatic rings. The van der Waals surface area contributed by atoms with Gasteiger partial charge in [0.1, 0.15) is 5.84 Å². The molecule has 1 atom stereocenters. The van der Waals surface area contributed by atoms with Crippen LogP contribution >= 0.6 is 15.9 Å². The Morgan fingerprint density at radius 3 is 2.62 bits per heavy atom. The molecule has 0 saturated carbocycles. The minimum absolute atomic E-state index is 0.190. The van der Waals surface area contributed by atoms with Gasteiger partial charge in [0.2, 0.25) is 0 Å². The van der Waals surface area contributed by atoms with Crippen molar-refractivity contribution in [2.24, 2.45) is 10.9 Å². The third-order valence-corrected chi connectivity index (χ3v) is 3.95. The first-order valence-electron chi connectivity index (χ1n) is 6.64. The quantitative estimate of drug-likeness (QED) is 0.334. The van der Waals surface area contributed by atoms with Crippen LogP contribution < -0.4 is 11.1 Å². The topological polar surface area (TPSA) is 70.6 Å². The maximum atomic E-state index is 8.98. The standard InChI is InChI=1S/C16H18BrN3O/c1-11-7-8-15(14(17)9-11)19-10-13(16(18)20-21)12-5-3-2-4-6-12/h2-9,13,19,21H,10H2,1H3,(H2,18,20). The van der Waals surface area contributed by atoms with E-state index < -0.39 is 0 Å². The van der Waals surface area contributed by atoms with Crippen molar-refractivity contribution in [3.8, 4) is 0 Å². The number of oxime groups is 1. The van der Waals surface area contributed by atoms with Crippen LogP contribution in [0.25, 0.3) is 0 Å². The minimum atomic E-state index is -0.190. The summed E-state index contributed by atoms with van der Waals surface area (Å²) >= 11 is 3.53. The summed E-state index contributed by atoms with van der Waals surface area (Å²) in [5, 5.41) is 15.5. The molecule has 0 aliphatic rings. The Morgan fingerprint density at radius 1 is 1.29 bits per heavy atom. The van der Waals surface area contributed by atoms with Gasteiger partial charge in [-0.1, -0.05) is 41.6 Å². The molecule has 0 fully saturated rings. The lowest BCUT2D eigenvalue weighted by molar-refractivity contribution is 0.316. The van der Waals surface area contributed by atoms with E-state index >= 15 is 0 Å². The third-order valence-electron chi connectivity index (χ3n) is 3.30. The predicted molar refractivity (Wildman–Crippen MR) is 90.0 cm³/mol. The second-order valence-corrected chi connectivity index (χ2v) is 5.71. The predicted octanol–water partition coefficient (Wildman–Crippen LogP) is 3.70. The van der Waals surface area contributed by atoms with Gasteiger partial charge in [0.25, 0.3) is 0 Å². The van der Waals surface area contributed by atoms with Crippen molar-refractivity contribution < 1.29 is 5.21 Å². The van der Waals surface area contributed by atoms with E-state index in [4.69, 9.17) is 10.9 Å². The number of aryl methyl sites for hydroxylation is 1. The zero-order valence-electron chi connectivity index (χ0n) is 11.8. The highest BCUT2D eigenvalue weighted by molar-refractivity contribution is 9.10. The molecule has 0 saturated heterocycles. The molecular formula is C16H18BrN3O. The average molecular weight is 348 g/mol. The smallest absolute Gasteiger partial charge is 0.148 e. The van der Waals surface area contributed by atoms with Crippen LogP contribution in [0.4, 0.5) is 5.69 Å². The van der Waals surface area contributed by atoms with E-state index in [1.807, 2.05) is 55.5 Å². The summed E-state index contributed by atoms with van der Waals surface area (Å²) in [4.78, 5) is 0.